The van der Waals surface area contributed by atoms with Crippen molar-refractivity contribution < 1.29 is 27.1 Å². The summed E-state index contributed by atoms with van der Waals surface area (Å²) in [6, 6.07) is 3.13. The van der Waals surface area contributed by atoms with Crippen LogP contribution in [0.3, 0.4) is 0 Å². The van der Waals surface area contributed by atoms with E-state index in [0.717, 1.165) is 15.6 Å². The topological polar surface area (TPSA) is 76.2 Å². The molecule has 2 unspecified atom stereocenters. The van der Waals surface area contributed by atoms with Crippen molar-refractivity contribution in [3.05, 3.63) is 17.5 Å². The third-order valence-electron chi connectivity index (χ3n) is 4.37. The number of piperidine rings is 1. The molecule has 2 atom stereocenters. The molecule has 10 heteroatoms. The molecule has 1 amide bonds. The van der Waals surface area contributed by atoms with Gasteiger partial charge in [-0.05, 0) is 32.2 Å². The minimum absolute atomic E-state index is 0.0536. The Morgan fingerprint density at radius 1 is 1.42 bits per heavy atom. The van der Waals surface area contributed by atoms with Gasteiger partial charge in [-0.15, -0.1) is 11.3 Å². The highest BCUT2D eigenvalue weighted by Gasteiger charge is 2.57. The van der Waals surface area contributed by atoms with Gasteiger partial charge in [-0.25, -0.2) is 17.6 Å². The smallest absolute Gasteiger partial charge is 0.410 e. The normalized spacial score (nSPS) is 27.8. The van der Waals surface area contributed by atoms with Crippen molar-refractivity contribution in [1.82, 2.24) is 9.21 Å². The molecule has 1 aromatic rings. The Kier molecular flexibility index (Phi) is 5.06. The van der Waals surface area contributed by atoms with Crippen molar-refractivity contribution in [2.75, 3.05) is 26.2 Å². The molecule has 7 nitrogen and oxygen atoms in total. The first-order valence-electron chi connectivity index (χ1n) is 8.38. The van der Waals surface area contributed by atoms with Gasteiger partial charge in [0.25, 0.3) is 10.0 Å². The van der Waals surface area contributed by atoms with Crippen LogP contribution >= 0.6 is 11.3 Å². The van der Waals surface area contributed by atoms with Crippen molar-refractivity contribution in [3.8, 4) is 0 Å². The van der Waals surface area contributed by atoms with Gasteiger partial charge in [-0.2, -0.15) is 4.31 Å². The van der Waals surface area contributed by atoms with Crippen LogP contribution in [0.2, 0.25) is 0 Å². The molecule has 0 bridgehead atoms. The maximum absolute atomic E-state index is 15.1. The Morgan fingerprint density at radius 2 is 2.15 bits per heavy atom. The number of ether oxygens (including phenoxy) is 2. The molecule has 2 fully saturated rings. The zero-order chi connectivity index (χ0) is 19.2. The van der Waals surface area contributed by atoms with E-state index in [1.54, 1.807) is 32.2 Å². The summed E-state index contributed by atoms with van der Waals surface area (Å²) in [5.41, 5.74) is -2.25. The van der Waals surface area contributed by atoms with Gasteiger partial charge in [0.1, 0.15) is 9.81 Å². The molecule has 146 valence electrons. The van der Waals surface area contributed by atoms with Crippen LogP contribution in [0, 0.1) is 0 Å². The zero-order valence-electron chi connectivity index (χ0n) is 15.0. The third-order valence-corrected chi connectivity index (χ3v) is 7.67. The second-order valence-electron chi connectivity index (χ2n) is 7.35. The van der Waals surface area contributed by atoms with Crippen LogP contribution in [0.5, 0.6) is 0 Å². The van der Waals surface area contributed by atoms with Crippen LogP contribution in [-0.4, -0.2) is 67.5 Å². The van der Waals surface area contributed by atoms with Crippen LogP contribution in [-0.2, 0) is 19.5 Å². The van der Waals surface area contributed by atoms with Gasteiger partial charge >= 0.3 is 6.09 Å². The van der Waals surface area contributed by atoms with Gasteiger partial charge in [0, 0.05) is 19.5 Å². The number of alkyl halides is 1. The lowest BCUT2D eigenvalue weighted by molar-refractivity contribution is -0.139. The molecule has 0 aliphatic carbocycles. The van der Waals surface area contributed by atoms with E-state index in [9.17, 15) is 13.2 Å². The van der Waals surface area contributed by atoms with E-state index in [1.165, 1.54) is 11.0 Å². The summed E-state index contributed by atoms with van der Waals surface area (Å²) in [4.78, 5) is 13.5. The van der Waals surface area contributed by atoms with E-state index in [2.05, 4.69) is 0 Å². The largest absolute Gasteiger partial charge is 0.444 e. The molecule has 1 aromatic heterocycles. The number of sulfonamides is 1. The minimum Gasteiger partial charge on any atom is -0.444 e. The molecule has 0 N–H and O–H groups in total. The quantitative estimate of drug-likeness (QED) is 0.754. The summed E-state index contributed by atoms with van der Waals surface area (Å²) in [6.45, 7) is 5.30. The number of carbonyl (C=O) groups excluding carboxylic acids is 1. The number of carbonyl (C=O) groups is 1. The predicted molar refractivity (Wildman–Crippen MR) is 94.2 cm³/mol. The Hall–Kier alpha value is -1.23. The third kappa shape index (κ3) is 3.47. The minimum atomic E-state index is -3.85. The van der Waals surface area contributed by atoms with Crippen LogP contribution < -0.4 is 0 Å². The molecule has 0 radical (unpaired) electrons. The Bertz CT molecular complexity index is 762. The monoisotopic (exact) mass is 406 g/mol. The van der Waals surface area contributed by atoms with E-state index in [-0.39, 0.29) is 36.9 Å². The second kappa shape index (κ2) is 6.74. The fourth-order valence-electron chi connectivity index (χ4n) is 3.22. The highest BCUT2D eigenvalue weighted by Crippen LogP contribution is 2.40. The lowest BCUT2D eigenvalue weighted by Crippen LogP contribution is -2.63. The summed E-state index contributed by atoms with van der Waals surface area (Å²) >= 11 is 1.08. The molecule has 26 heavy (non-hydrogen) atoms. The van der Waals surface area contributed by atoms with Crippen LogP contribution in [0.15, 0.2) is 21.7 Å². The summed E-state index contributed by atoms with van der Waals surface area (Å²) in [5, 5.41) is 1.66. The molecule has 1 spiro atoms. The van der Waals surface area contributed by atoms with Crippen LogP contribution in [0.1, 0.15) is 27.2 Å². The Morgan fingerprint density at radius 3 is 2.73 bits per heavy atom. The molecular weight excluding hydrogens is 383 g/mol. The van der Waals surface area contributed by atoms with E-state index >= 15 is 4.39 Å². The summed E-state index contributed by atoms with van der Waals surface area (Å²) in [7, 11) is -3.85. The van der Waals surface area contributed by atoms with Gasteiger partial charge in [0.2, 0.25) is 0 Å². The molecular formula is C16H23FN2O5S2. The maximum atomic E-state index is 15.1. The number of hydrogen-bond acceptors (Lipinski definition) is 6. The molecule has 2 aliphatic rings. The summed E-state index contributed by atoms with van der Waals surface area (Å²) in [6.07, 6.45) is -2.22. The van der Waals surface area contributed by atoms with Gasteiger partial charge < -0.3 is 14.4 Å². The average Bonchev–Trinajstić information content (AvgIpc) is 3.19. The van der Waals surface area contributed by atoms with E-state index in [1.807, 2.05) is 0 Å². The second-order valence-corrected chi connectivity index (χ2v) is 10.4. The first-order valence-corrected chi connectivity index (χ1v) is 10.7. The van der Waals surface area contributed by atoms with Gasteiger partial charge in [-0.1, -0.05) is 6.07 Å². The number of nitrogens with zero attached hydrogens (tertiary/aromatic N) is 2. The summed E-state index contributed by atoms with van der Waals surface area (Å²) < 4.78 is 53.1. The number of hydrogen-bond donors (Lipinski definition) is 0. The number of likely N-dealkylation sites (tertiary alicyclic amines) is 1. The Balaban J connectivity index is 1.80. The maximum Gasteiger partial charge on any atom is 0.410 e. The number of halogens is 1. The first kappa shape index (κ1) is 19.5. The lowest BCUT2D eigenvalue weighted by atomic mass is 9.99. The van der Waals surface area contributed by atoms with E-state index in [0.29, 0.717) is 0 Å². The SMILES string of the molecule is CC(C)(C)OC(=O)N1CCC2(OCCN2S(=O)(=O)c2cccs2)C(F)C1. The van der Waals surface area contributed by atoms with Crippen molar-refractivity contribution in [1.29, 1.82) is 0 Å². The fourth-order valence-corrected chi connectivity index (χ4v) is 6.04. The predicted octanol–water partition coefficient (Wildman–Crippen LogP) is 2.44. The van der Waals surface area contributed by atoms with E-state index < -0.39 is 33.6 Å². The number of amides is 1. The highest BCUT2D eigenvalue weighted by molar-refractivity contribution is 7.91. The fraction of sp³-hybridized carbons (Fsp3) is 0.688. The van der Waals surface area contributed by atoms with Crippen molar-refractivity contribution in [2.24, 2.45) is 0 Å². The lowest BCUT2D eigenvalue weighted by Gasteiger charge is -2.44. The van der Waals surface area contributed by atoms with E-state index in [4.69, 9.17) is 9.47 Å². The summed E-state index contributed by atoms with van der Waals surface area (Å²) in [5.74, 6) is 0. The average molecular weight is 407 g/mol. The molecule has 3 rings (SSSR count). The zero-order valence-corrected chi connectivity index (χ0v) is 16.6. The Labute approximate surface area is 156 Å². The van der Waals surface area contributed by atoms with Crippen molar-refractivity contribution >= 4 is 27.5 Å². The molecule has 0 saturated carbocycles. The standard InChI is InChI=1S/C16H23FN2O5S2/c1-15(2,3)24-14(20)18-7-6-16(12(17)11-18)19(8-9-23-16)26(21,22)13-5-4-10-25-13/h4-5,10,12H,6-9,11H2,1-3H3. The van der Waals surface area contributed by atoms with Gasteiger partial charge in [0.05, 0.1) is 13.2 Å². The number of rotatable bonds is 2. The first-order chi connectivity index (χ1) is 12.1. The highest BCUT2D eigenvalue weighted by atomic mass is 32.2. The molecule has 0 aromatic carbocycles. The van der Waals surface area contributed by atoms with Gasteiger partial charge in [0.15, 0.2) is 11.9 Å². The van der Waals surface area contributed by atoms with Crippen LogP contribution in [0.4, 0.5) is 9.18 Å². The van der Waals surface area contributed by atoms with Gasteiger partial charge in [-0.3, -0.25) is 0 Å². The van der Waals surface area contributed by atoms with Crippen LogP contribution in [0.25, 0.3) is 0 Å². The molecule has 3 heterocycles. The number of thiophene rings is 1. The van der Waals surface area contributed by atoms with Crippen molar-refractivity contribution in [2.45, 2.75) is 48.9 Å². The molecule has 2 aliphatic heterocycles. The van der Waals surface area contributed by atoms with Crippen molar-refractivity contribution in [3.63, 3.8) is 0 Å². The molecule has 2 saturated heterocycles.